The topological polar surface area (TPSA) is 38.9 Å². The summed E-state index contributed by atoms with van der Waals surface area (Å²) >= 11 is 0. The molecule has 12 heavy (non-hydrogen) atoms. The third kappa shape index (κ3) is 2.03. The molecule has 4 heteroatoms. The van der Waals surface area contributed by atoms with Gasteiger partial charge in [-0.05, 0) is 20.3 Å². The zero-order valence-electron chi connectivity index (χ0n) is 7.59. The van der Waals surface area contributed by atoms with Crippen molar-refractivity contribution in [2.24, 2.45) is 0 Å². The van der Waals surface area contributed by atoms with Gasteiger partial charge in [0, 0.05) is 6.42 Å². The van der Waals surface area contributed by atoms with Gasteiger partial charge in [-0.1, -0.05) is 12.1 Å². The molecule has 68 valence electrons. The van der Waals surface area contributed by atoms with Crippen molar-refractivity contribution in [3.63, 3.8) is 0 Å². The molecule has 1 rings (SSSR count). The second-order valence-electron chi connectivity index (χ2n) is 3.24. The van der Waals surface area contributed by atoms with E-state index in [1.54, 1.807) is 0 Å². The molecule has 0 saturated carbocycles. The Bertz CT molecular complexity index is 252. The molecular formula is C8H13FN2O. The maximum absolute atomic E-state index is 13.2. The fourth-order valence-corrected chi connectivity index (χ4v) is 0.821. The lowest BCUT2D eigenvalue weighted by atomic mass is 10.2. The predicted molar refractivity (Wildman–Crippen MR) is 42.4 cm³/mol. The van der Waals surface area contributed by atoms with Gasteiger partial charge in [0.15, 0.2) is 11.5 Å². The Morgan fingerprint density at radius 2 is 2.17 bits per heavy atom. The third-order valence-corrected chi connectivity index (χ3v) is 1.45. The fraction of sp³-hybridized carbons (Fsp3) is 0.750. The van der Waals surface area contributed by atoms with Gasteiger partial charge in [-0.3, -0.25) is 0 Å². The molecule has 0 unspecified atom stereocenters. The van der Waals surface area contributed by atoms with Crippen LogP contribution in [-0.4, -0.2) is 10.1 Å². The lowest BCUT2D eigenvalue weighted by molar-refractivity contribution is 0.155. The predicted octanol–water partition coefficient (Wildman–Crippen LogP) is 2.23. The Hall–Kier alpha value is -0.930. The van der Waals surface area contributed by atoms with Gasteiger partial charge in [0.1, 0.15) is 0 Å². The second kappa shape index (κ2) is 3.21. The molecule has 0 amide bonds. The molecule has 0 fully saturated rings. The molecule has 0 spiro atoms. The van der Waals surface area contributed by atoms with Crippen LogP contribution >= 0.6 is 0 Å². The molecule has 0 saturated heterocycles. The van der Waals surface area contributed by atoms with Crippen LogP contribution in [0.15, 0.2) is 4.52 Å². The molecule has 0 aliphatic carbocycles. The molecule has 0 bridgehead atoms. The van der Waals surface area contributed by atoms with Crippen molar-refractivity contribution in [1.82, 2.24) is 10.1 Å². The molecule has 3 nitrogen and oxygen atoms in total. The standard InChI is InChI=1S/C8H13FN2O/c1-4-5-6-10-7(12-11-6)8(2,3)9/h4-5H2,1-3H3. The first kappa shape index (κ1) is 9.16. The summed E-state index contributed by atoms with van der Waals surface area (Å²) in [4.78, 5) is 3.92. The van der Waals surface area contributed by atoms with Gasteiger partial charge in [0.2, 0.25) is 0 Å². The number of aromatic nitrogens is 2. The normalized spacial score (nSPS) is 12.0. The highest BCUT2D eigenvalue weighted by molar-refractivity contribution is 4.94. The van der Waals surface area contributed by atoms with Gasteiger partial charge in [-0.2, -0.15) is 4.98 Å². The average molecular weight is 172 g/mol. The number of halogens is 1. The number of hydrogen-bond donors (Lipinski definition) is 0. The number of hydrogen-bond acceptors (Lipinski definition) is 3. The van der Waals surface area contributed by atoms with Crippen molar-refractivity contribution < 1.29 is 8.91 Å². The molecule has 0 radical (unpaired) electrons. The van der Waals surface area contributed by atoms with Gasteiger partial charge in [0.25, 0.3) is 5.89 Å². The third-order valence-electron chi connectivity index (χ3n) is 1.45. The van der Waals surface area contributed by atoms with Crippen molar-refractivity contribution in [2.75, 3.05) is 0 Å². The maximum Gasteiger partial charge on any atom is 0.263 e. The summed E-state index contributed by atoms with van der Waals surface area (Å²) in [6.07, 6.45) is 1.67. The number of alkyl halides is 1. The van der Waals surface area contributed by atoms with Gasteiger partial charge in [-0.25, -0.2) is 4.39 Å². The molecular weight excluding hydrogens is 159 g/mol. The first-order valence-electron chi connectivity index (χ1n) is 4.06. The second-order valence-corrected chi connectivity index (χ2v) is 3.24. The van der Waals surface area contributed by atoms with E-state index in [1.807, 2.05) is 6.92 Å². The quantitative estimate of drug-likeness (QED) is 0.701. The molecule has 1 aromatic rings. The fourth-order valence-electron chi connectivity index (χ4n) is 0.821. The summed E-state index contributed by atoms with van der Waals surface area (Å²) < 4.78 is 17.9. The van der Waals surface area contributed by atoms with Crippen molar-refractivity contribution in [1.29, 1.82) is 0 Å². The maximum atomic E-state index is 13.2. The van der Waals surface area contributed by atoms with E-state index in [2.05, 4.69) is 10.1 Å². The molecule has 0 aromatic carbocycles. The van der Waals surface area contributed by atoms with E-state index < -0.39 is 5.67 Å². The minimum absolute atomic E-state index is 0.0611. The van der Waals surface area contributed by atoms with E-state index in [0.717, 1.165) is 12.8 Å². The van der Waals surface area contributed by atoms with Crippen LogP contribution in [0.2, 0.25) is 0 Å². The van der Waals surface area contributed by atoms with E-state index in [0.29, 0.717) is 5.82 Å². The number of rotatable bonds is 3. The zero-order chi connectivity index (χ0) is 9.19. The van der Waals surface area contributed by atoms with Crippen LogP contribution in [0.25, 0.3) is 0 Å². The lowest BCUT2D eigenvalue weighted by Gasteiger charge is -2.05. The number of nitrogens with zero attached hydrogens (tertiary/aromatic N) is 2. The van der Waals surface area contributed by atoms with Crippen LogP contribution in [0.3, 0.4) is 0 Å². The minimum Gasteiger partial charge on any atom is -0.336 e. The highest BCUT2D eigenvalue weighted by Crippen LogP contribution is 2.22. The van der Waals surface area contributed by atoms with E-state index in [9.17, 15) is 4.39 Å². The highest BCUT2D eigenvalue weighted by Gasteiger charge is 2.26. The van der Waals surface area contributed by atoms with E-state index in [1.165, 1.54) is 13.8 Å². The van der Waals surface area contributed by atoms with Crippen LogP contribution in [0, 0.1) is 0 Å². The zero-order valence-corrected chi connectivity index (χ0v) is 7.59. The molecule has 1 aromatic heterocycles. The van der Waals surface area contributed by atoms with Crippen LogP contribution in [0.5, 0.6) is 0 Å². The van der Waals surface area contributed by atoms with Crippen LogP contribution in [0.1, 0.15) is 38.9 Å². The molecule has 0 N–H and O–H groups in total. The first-order chi connectivity index (χ1) is 5.54. The van der Waals surface area contributed by atoms with Gasteiger partial charge >= 0.3 is 0 Å². The first-order valence-corrected chi connectivity index (χ1v) is 4.06. The molecule has 0 aliphatic rings. The van der Waals surface area contributed by atoms with E-state index >= 15 is 0 Å². The highest BCUT2D eigenvalue weighted by atomic mass is 19.1. The smallest absolute Gasteiger partial charge is 0.263 e. The van der Waals surface area contributed by atoms with Gasteiger partial charge in [-0.15, -0.1) is 0 Å². The Morgan fingerprint density at radius 3 is 2.58 bits per heavy atom. The monoisotopic (exact) mass is 172 g/mol. The summed E-state index contributed by atoms with van der Waals surface area (Å²) in [5, 5.41) is 3.65. The van der Waals surface area contributed by atoms with Crippen LogP contribution in [0.4, 0.5) is 4.39 Å². The molecule has 0 aliphatic heterocycles. The van der Waals surface area contributed by atoms with Crippen molar-refractivity contribution in [3.8, 4) is 0 Å². The Morgan fingerprint density at radius 1 is 1.50 bits per heavy atom. The summed E-state index contributed by atoms with van der Waals surface area (Å²) in [5.74, 6) is 0.643. The summed E-state index contributed by atoms with van der Waals surface area (Å²) in [6.45, 7) is 4.81. The van der Waals surface area contributed by atoms with Crippen molar-refractivity contribution >= 4 is 0 Å². The molecule has 0 atom stereocenters. The van der Waals surface area contributed by atoms with Crippen molar-refractivity contribution in [3.05, 3.63) is 11.7 Å². The minimum atomic E-state index is -1.53. The summed E-state index contributed by atoms with van der Waals surface area (Å²) in [5.41, 5.74) is -1.53. The summed E-state index contributed by atoms with van der Waals surface area (Å²) in [6, 6.07) is 0. The Labute approximate surface area is 71.0 Å². The van der Waals surface area contributed by atoms with Crippen LogP contribution < -0.4 is 0 Å². The summed E-state index contributed by atoms with van der Waals surface area (Å²) in [7, 11) is 0. The Balaban J connectivity index is 2.77. The SMILES string of the molecule is CCCc1noc(C(C)(C)F)n1. The van der Waals surface area contributed by atoms with Crippen molar-refractivity contribution in [2.45, 2.75) is 39.3 Å². The largest absolute Gasteiger partial charge is 0.336 e. The Kier molecular flexibility index (Phi) is 2.45. The van der Waals surface area contributed by atoms with Crippen LogP contribution in [-0.2, 0) is 12.1 Å². The van der Waals surface area contributed by atoms with E-state index in [-0.39, 0.29) is 5.89 Å². The van der Waals surface area contributed by atoms with Gasteiger partial charge < -0.3 is 4.52 Å². The average Bonchev–Trinajstić information content (AvgIpc) is 2.35. The van der Waals surface area contributed by atoms with Gasteiger partial charge in [0.05, 0.1) is 0 Å². The number of aryl methyl sites for hydroxylation is 1. The van der Waals surface area contributed by atoms with E-state index in [4.69, 9.17) is 4.52 Å². The lowest BCUT2D eigenvalue weighted by Crippen LogP contribution is -2.09. The molecule has 1 heterocycles.